The summed E-state index contributed by atoms with van der Waals surface area (Å²) >= 11 is 0. The number of alkyl halides is 4. The lowest BCUT2D eigenvalue weighted by Gasteiger charge is -2.15. The molecule has 0 radical (unpaired) electrons. The van der Waals surface area contributed by atoms with Crippen LogP contribution in [-0.2, 0) is 14.2 Å². The Bertz CT molecular complexity index is 233. The summed E-state index contributed by atoms with van der Waals surface area (Å²) in [5.41, 5.74) is 0. The molecule has 88 valence electrons. The van der Waals surface area contributed by atoms with Crippen LogP contribution in [0.1, 0.15) is 0 Å². The predicted molar refractivity (Wildman–Crippen MR) is 38.0 cm³/mol. The van der Waals surface area contributed by atoms with Crippen LogP contribution < -0.4 is 0 Å². The molecule has 8 heteroatoms. The molecule has 0 aromatic carbocycles. The van der Waals surface area contributed by atoms with Crippen LogP contribution in [-0.4, -0.2) is 44.4 Å². The average molecular weight is 232 g/mol. The van der Waals surface area contributed by atoms with Gasteiger partial charge in [-0.25, -0.2) is 13.6 Å². The second-order valence-electron chi connectivity index (χ2n) is 2.88. The first kappa shape index (κ1) is 12.0. The van der Waals surface area contributed by atoms with Gasteiger partial charge in [0.25, 0.3) is 0 Å². The molecule has 15 heavy (non-hydrogen) atoms. The maximum atomic E-state index is 12.3. The Morgan fingerprint density at radius 3 is 2.67 bits per heavy atom. The monoisotopic (exact) mass is 232 g/mol. The Morgan fingerprint density at radius 2 is 2.20 bits per heavy atom. The topological polar surface area (TPSA) is 44.8 Å². The highest BCUT2D eigenvalue weighted by molar-refractivity contribution is 5.61. The molecular formula is C7H8F4O4. The maximum Gasteiger partial charge on any atom is 0.508 e. The number of cyclic esters (lactones) is 2. The molecule has 1 saturated heterocycles. The van der Waals surface area contributed by atoms with Gasteiger partial charge in [0.05, 0.1) is 6.61 Å². The van der Waals surface area contributed by atoms with E-state index >= 15 is 0 Å². The molecular weight excluding hydrogens is 224 g/mol. The Morgan fingerprint density at radius 1 is 1.53 bits per heavy atom. The molecule has 0 N–H and O–H groups in total. The molecule has 4 nitrogen and oxygen atoms in total. The number of halogens is 4. The average Bonchev–Trinajstić information content (AvgIpc) is 2.51. The third-order valence-corrected chi connectivity index (χ3v) is 1.57. The Labute approximate surface area is 82.1 Å². The van der Waals surface area contributed by atoms with Crippen molar-refractivity contribution in [2.75, 3.05) is 19.8 Å². The maximum absolute atomic E-state index is 12.3. The molecule has 1 rings (SSSR count). The van der Waals surface area contributed by atoms with E-state index in [2.05, 4.69) is 14.2 Å². The van der Waals surface area contributed by atoms with Gasteiger partial charge in [-0.15, -0.1) is 0 Å². The van der Waals surface area contributed by atoms with E-state index in [1.54, 1.807) is 0 Å². The lowest BCUT2D eigenvalue weighted by atomic mass is 10.3. The minimum Gasteiger partial charge on any atom is -0.430 e. The van der Waals surface area contributed by atoms with Crippen LogP contribution in [0.5, 0.6) is 0 Å². The number of rotatable bonds is 5. The van der Waals surface area contributed by atoms with E-state index in [0.717, 1.165) is 0 Å². The molecule has 1 aliphatic rings. The Hall–Kier alpha value is -1.05. The van der Waals surface area contributed by atoms with E-state index in [4.69, 9.17) is 0 Å². The summed E-state index contributed by atoms with van der Waals surface area (Å²) in [5, 5.41) is 0. The number of carbonyl (C=O) groups excluding carboxylic acids is 1. The van der Waals surface area contributed by atoms with Gasteiger partial charge in [-0.05, 0) is 0 Å². The third-order valence-electron chi connectivity index (χ3n) is 1.57. The minimum atomic E-state index is -4.19. The number of hydrogen-bond acceptors (Lipinski definition) is 4. The molecule has 0 amide bonds. The van der Waals surface area contributed by atoms with Gasteiger partial charge in [0, 0.05) is 0 Å². The van der Waals surface area contributed by atoms with E-state index in [1.165, 1.54) is 0 Å². The van der Waals surface area contributed by atoms with E-state index in [9.17, 15) is 22.4 Å². The molecule has 1 unspecified atom stereocenters. The van der Waals surface area contributed by atoms with Crippen molar-refractivity contribution < 1.29 is 36.6 Å². The van der Waals surface area contributed by atoms with Gasteiger partial charge in [0.2, 0.25) is 0 Å². The number of hydrogen-bond donors (Lipinski definition) is 0. The summed E-state index contributed by atoms with van der Waals surface area (Å²) < 4.78 is 60.9. The fourth-order valence-electron chi connectivity index (χ4n) is 0.837. The first-order valence-electron chi connectivity index (χ1n) is 3.99. The van der Waals surface area contributed by atoms with Gasteiger partial charge >= 0.3 is 18.5 Å². The predicted octanol–water partition coefficient (Wildman–Crippen LogP) is 1.44. The standard InChI is InChI=1S/C7H8F4O4/c8-5(9)7(10,11)3-13-1-4-2-14-6(12)15-4/h4-5H,1-3H2. The molecule has 1 atom stereocenters. The molecule has 0 spiro atoms. The summed E-state index contributed by atoms with van der Waals surface area (Å²) in [6, 6.07) is 0. The molecule has 0 aromatic rings. The lowest BCUT2D eigenvalue weighted by molar-refractivity contribution is -0.169. The molecule has 1 fully saturated rings. The highest BCUT2D eigenvalue weighted by atomic mass is 19.3. The van der Waals surface area contributed by atoms with Crippen molar-refractivity contribution in [3.05, 3.63) is 0 Å². The van der Waals surface area contributed by atoms with Crippen LogP contribution in [0.15, 0.2) is 0 Å². The van der Waals surface area contributed by atoms with E-state index in [1.807, 2.05) is 0 Å². The van der Waals surface area contributed by atoms with Gasteiger partial charge in [-0.2, -0.15) is 8.78 Å². The summed E-state index contributed by atoms with van der Waals surface area (Å²) in [7, 11) is 0. The van der Waals surface area contributed by atoms with Crippen molar-refractivity contribution >= 4 is 6.16 Å². The fourth-order valence-corrected chi connectivity index (χ4v) is 0.837. The zero-order valence-electron chi connectivity index (χ0n) is 7.42. The third kappa shape index (κ3) is 3.54. The van der Waals surface area contributed by atoms with Gasteiger partial charge in [0.1, 0.15) is 13.2 Å². The largest absolute Gasteiger partial charge is 0.508 e. The normalized spacial score (nSPS) is 21.7. The van der Waals surface area contributed by atoms with Crippen LogP contribution in [0, 0.1) is 0 Å². The van der Waals surface area contributed by atoms with Crippen molar-refractivity contribution in [1.29, 1.82) is 0 Å². The summed E-state index contributed by atoms with van der Waals surface area (Å²) in [6.07, 6.45) is -5.52. The molecule has 1 heterocycles. The first-order valence-corrected chi connectivity index (χ1v) is 3.99. The summed E-state index contributed by atoms with van der Waals surface area (Å²) in [4.78, 5) is 10.4. The van der Waals surface area contributed by atoms with Crippen LogP contribution in [0.2, 0.25) is 0 Å². The van der Waals surface area contributed by atoms with Crippen molar-refractivity contribution in [1.82, 2.24) is 0 Å². The van der Waals surface area contributed by atoms with Crippen molar-refractivity contribution in [2.24, 2.45) is 0 Å². The first-order chi connectivity index (χ1) is 6.92. The highest BCUT2D eigenvalue weighted by Gasteiger charge is 2.41. The minimum absolute atomic E-state index is 0.126. The number of carbonyl (C=O) groups is 1. The zero-order valence-corrected chi connectivity index (χ0v) is 7.42. The van der Waals surface area contributed by atoms with Crippen LogP contribution in [0.4, 0.5) is 22.4 Å². The molecule has 0 aliphatic carbocycles. The Balaban J connectivity index is 2.19. The van der Waals surface area contributed by atoms with Gasteiger partial charge in [-0.3, -0.25) is 0 Å². The van der Waals surface area contributed by atoms with E-state index in [0.29, 0.717) is 0 Å². The van der Waals surface area contributed by atoms with Crippen LogP contribution >= 0.6 is 0 Å². The number of ether oxygens (including phenoxy) is 3. The zero-order chi connectivity index (χ0) is 11.5. The lowest BCUT2D eigenvalue weighted by Crippen LogP contribution is -2.34. The van der Waals surface area contributed by atoms with Crippen molar-refractivity contribution in [2.45, 2.75) is 18.5 Å². The van der Waals surface area contributed by atoms with Gasteiger partial charge in [0.15, 0.2) is 6.10 Å². The van der Waals surface area contributed by atoms with E-state index < -0.39 is 37.8 Å². The van der Waals surface area contributed by atoms with Crippen molar-refractivity contribution in [3.8, 4) is 0 Å². The molecule has 0 bridgehead atoms. The van der Waals surface area contributed by atoms with Gasteiger partial charge in [-0.1, -0.05) is 0 Å². The quantitative estimate of drug-likeness (QED) is 0.531. The fraction of sp³-hybridized carbons (Fsp3) is 0.857. The van der Waals surface area contributed by atoms with Gasteiger partial charge < -0.3 is 14.2 Å². The molecule has 0 saturated carbocycles. The SMILES string of the molecule is O=C1OCC(COCC(F)(F)C(F)F)O1. The van der Waals surface area contributed by atoms with Crippen LogP contribution in [0.3, 0.4) is 0 Å². The summed E-state index contributed by atoms with van der Waals surface area (Å²) in [6.45, 7) is -1.94. The Kier molecular flexibility index (Phi) is 3.72. The molecule has 1 aliphatic heterocycles. The highest BCUT2D eigenvalue weighted by Crippen LogP contribution is 2.23. The smallest absolute Gasteiger partial charge is 0.430 e. The van der Waals surface area contributed by atoms with E-state index in [-0.39, 0.29) is 6.61 Å². The molecule has 0 aromatic heterocycles. The van der Waals surface area contributed by atoms with Crippen LogP contribution in [0.25, 0.3) is 0 Å². The van der Waals surface area contributed by atoms with Crippen molar-refractivity contribution in [3.63, 3.8) is 0 Å². The second-order valence-corrected chi connectivity index (χ2v) is 2.88. The summed E-state index contributed by atoms with van der Waals surface area (Å²) in [5.74, 6) is -4.19. The second kappa shape index (κ2) is 4.65.